The molecule has 4 nitrogen and oxygen atoms in total. The number of aromatic nitrogens is 4. The fourth-order valence-electron chi connectivity index (χ4n) is 16.7. The Labute approximate surface area is 591 Å². The number of hydrogen-bond donors (Lipinski definition) is 0. The summed E-state index contributed by atoms with van der Waals surface area (Å²) in [6.07, 6.45) is 0. The van der Waals surface area contributed by atoms with Crippen LogP contribution in [0.15, 0.2) is 413 Å². The van der Waals surface area contributed by atoms with Crippen LogP contribution in [-0.4, -0.2) is 43.3 Å². The summed E-state index contributed by atoms with van der Waals surface area (Å²) in [5.41, 5.74) is 8.25. The summed E-state index contributed by atoms with van der Waals surface area (Å²) in [6.45, 7) is 0. The van der Waals surface area contributed by atoms with E-state index in [9.17, 15) is 0 Å². The maximum absolute atomic E-state index is 5.98. The lowest BCUT2D eigenvalue weighted by Gasteiger charge is -2.34. The summed E-state index contributed by atoms with van der Waals surface area (Å²) in [5, 5.41) is 20.2. The van der Waals surface area contributed by atoms with Crippen LogP contribution in [0.25, 0.3) is 77.8 Å². The maximum atomic E-state index is 5.98. The largest absolute Gasteiger partial charge is 0.309 e. The van der Waals surface area contributed by atoms with Crippen LogP contribution in [0.3, 0.4) is 0 Å². The van der Waals surface area contributed by atoms with Crippen molar-refractivity contribution < 1.29 is 0 Å². The molecule has 0 unspecified atom stereocenters. The molecule has 0 amide bonds. The van der Waals surface area contributed by atoms with Crippen molar-refractivity contribution >= 4 is 130 Å². The molecule has 15 aromatic carbocycles. The summed E-state index contributed by atoms with van der Waals surface area (Å²) in [4.78, 5) is 11.9. The molecule has 0 atom stereocenters. The maximum Gasteiger partial charge on any atom is 0.179 e. The Balaban J connectivity index is 0.914. The van der Waals surface area contributed by atoms with Crippen molar-refractivity contribution in [2.24, 2.45) is 0 Å². The quantitative estimate of drug-likeness (QED) is 0.0714. The number of hydrogen-bond acceptors (Lipinski definition) is 2. The molecule has 3 heterocycles. The SMILES string of the molecule is c1ccc([Si](c2ccccc2)(c2ccccc2)c2cccc(-c3cc(-n4c5ccccc5c5ccc6c(c7ccccc7n6-c6cccc([Si](c7ccccc7)(c7ccccc7)c7ccccc7)c6)c54)nc(-c4cccc([Si](c5ccccc5)(c5ccccc5)c5ccccc5)c4)n3)c2)cc1. The van der Waals surface area contributed by atoms with E-state index in [-0.39, 0.29) is 0 Å². The minimum Gasteiger partial charge on any atom is -0.309 e. The fraction of sp³-hybridized carbons (Fsp3) is 0. The lowest BCUT2D eigenvalue weighted by Crippen LogP contribution is -2.74. The molecule has 0 radical (unpaired) electrons. The van der Waals surface area contributed by atoms with Crippen LogP contribution in [-0.2, 0) is 0 Å². The predicted octanol–water partition coefficient (Wildman–Crippen LogP) is 14.1. The molecule has 0 saturated heterocycles. The third kappa shape index (κ3) is 10.1. The first-order chi connectivity index (χ1) is 50.1. The Morgan fingerprint density at radius 3 is 0.950 bits per heavy atom. The molecule has 7 heteroatoms. The van der Waals surface area contributed by atoms with E-state index in [0.717, 1.165) is 71.9 Å². The minimum atomic E-state index is -3.01. The molecule has 0 bridgehead atoms. The highest BCUT2D eigenvalue weighted by Crippen LogP contribution is 2.42. The molecule has 18 aromatic rings. The number of fused-ring (bicyclic) bond motifs is 7. The molecule has 0 aliphatic rings. The fourth-order valence-corrected chi connectivity index (χ4v) is 31.1. The van der Waals surface area contributed by atoms with Gasteiger partial charge in [0.2, 0.25) is 0 Å². The number of nitrogens with zero attached hydrogens (tertiary/aromatic N) is 4. The van der Waals surface area contributed by atoms with E-state index in [1.165, 1.54) is 62.2 Å². The summed E-state index contributed by atoms with van der Waals surface area (Å²) in [5.74, 6) is 1.41. The van der Waals surface area contributed by atoms with Gasteiger partial charge in [0.1, 0.15) is 5.82 Å². The van der Waals surface area contributed by atoms with Gasteiger partial charge in [0.25, 0.3) is 0 Å². The topological polar surface area (TPSA) is 35.6 Å². The van der Waals surface area contributed by atoms with Gasteiger partial charge < -0.3 is 4.57 Å². The van der Waals surface area contributed by atoms with Crippen molar-refractivity contribution in [1.82, 2.24) is 19.1 Å². The summed E-state index contributed by atoms with van der Waals surface area (Å²) in [6, 6.07) is 154. The Bertz CT molecular complexity index is 5520. The molecule has 0 saturated carbocycles. The Kier molecular flexibility index (Phi) is 15.6. The van der Waals surface area contributed by atoms with Gasteiger partial charge in [-0.25, -0.2) is 9.97 Å². The van der Waals surface area contributed by atoms with E-state index in [1.54, 1.807) is 0 Å². The van der Waals surface area contributed by atoms with Gasteiger partial charge >= 0.3 is 0 Å². The smallest absolute Gasteiger partial charge is 0.179 e. The zero-order valence-corrected chi connectivity index (χ0v) is 58.5. The van der Waals surface area contributed by atoms with Gasteiger partial charge in [-0.3, -0.25) is 4.57 Å². The molecule has 3 aromatic heterocycles. The zero-order chi connectivity index (χ0) is 67.2. The molecule has 18 rings (SSSR count). The first-order valence-electron chi connectivity index (χ1n) is 34.8. The van der Waals surface area contributed by atoms with Crippen molar-refractivity contribution in [1.29, 1.82) is 0 Å². The van der Waals surface area contributed by atoms with Crippen molar-refractivity contribution in [2.75, 3.05) is 0 Å². The molecular formula is C94H68N4Si3. The van der Waals surface area contributed by atoms with E-state index in [1.807, 2.05) is 0 Å². The number of rotatable bonds is 16. The van der Waals surface area contributed by atoms with Gasteiger partial charge in [-0.05, 0) is 92.6 Å². The van der Waals surface area contributed by atoms with Gasteiger partial charge in [-0.15, -0.1) is 0 Å². The highest BCUT2D eigenvalue weighted by molar-refractivity contribution is 7.21. The van der Waals surface area contributed by atoms with Crippen molar-refractivity contribution in [2.45, 2.75) is 0 Å². The van der Waals surface area contributed by atoms with Crippen LogP contribution in [0.5, 0.6) is 0 Å². The summed E-state index contributed by atoms with van der Waals surface area (Å²) >= 11 is 0. The number of para-hydroxylation sites is 2. The van der Waals surface area contributed by atoms with E-state index in [0.29, 0.717) is 5.82 Å². The molecule has 0 fully saturated rings. The summed E-state index contributed by atoms with van der Waals surface area (Å²) in [7, 11) is -8.94. The second-order valence-corrected chi connectivity index (χ2v) is 37.7. The van der Waals surface area contributed by atoms with E-state index < -0.39 is 24.2 Å². The highest BCUT2D eigenvalue weighted by atomic mass is 28.3. The van der Waals surface area contributed by atoms with E-state index in [2.05, 4.69) is 422 Å². The Morgan fingerprint density at radius 1 is 0.208 bits per heavy atom. The van der Waals surface area contributed by atoms with Crippen LogP contribution < -0.4 is 62.2 Å². The molecule has 0 aliphatic heterocycles. The molecule has 0 spiro atoms. The van der Waals surface area contributed by atoms with Crippen LogP contribution >= 0.6 is 0 Å². The lowest BCUT2D eigenvalue weighted by molar-refractivity contribution is 1.05. The monoisotopic (exact) mass is 1340 g/mol. The first kappa shape index (κ1) is 61.0. The van der Waals surface area contributed by atoms with E-state index in [4.69, 9.17) is 9.97 Å². The van der Waals surface area contributed by atoms with Crippen LogP contribution in [0, 0.1) is 0 Å². The van der Waals surface area contributed by atoms with Crippen molar-refractivity contribution in [3.63, 3.8) is 0 Å². The van der Waals surface area contributed by atoms with Crippen LogP contribution in [0.2, 0.25) is 0 Å². The van der Waals surface area contributed by atoms with Crippen LogP contribution in [0.4, 0.5) is 0 Å². The zero-order valence-electron chi connectivity index (χ0n) is 55.5. The van der Waals surface area contributed by atoms with Gasteiger partial charge in [-0.2, -0.15) is 0 Å². The Morgan fingerprint density at radius 2 is 0.535 bits per heavy atom. The predicted molar refractivity (Wildman–Crippen MR) is 432 cm³/mol. The van der Waals surface area contributed by atoms with Gasteiger partial charge in [0, 0.05) is 44.4 Å². The molecule has 476 valence electrons. The average molecular weight is 1340 g/mol. The molecule has 0 N–H and O–H groups in total. The first-order valence-corrected chi connectivity index (χ1v) is 40.8. The normalized spacial score (nSPS) is 12.0. The van der Waals surface area contributed by atoms with Crippen molar-refractivity contribution in [3.8, 4) is 34.2 Å². The third-order valence-electron chi connectivity index (χ3n) is 21.0. The minimum absolute atomic E-state index is 0.639. The second kappa shape index (κ2) is 25.8. The Hall–Kier alpha value is -12.4. The average Bonchev–Trinajstić information content (AvgIpc) is 1.58. The second-order valence-electron chi connectivity index (χ2n) is 26.3. The van der Waals surface area contributed by atoms with Gasteiger partial charge in [0.05, 0.1) is 27.8 Å². The molecule has 101 heavy (non-hydrogen) atoms. The third-order valence-corrected chi connectivity index (χ3v) is 35.3. The lowest BCUT2D eigenvalue weighted by atomic mass is 10.1. The van der Waals surface area contributed by atoms with E-state index >= 15 is 0 Å². The standard InChI is InChI=1S/C94H68N4Si3/c1-10-38-72(39-11-1)99(73-40-12-2-13-41-73,74-42-14-3-15-43-74)81-56-32-35-69(65-81)87-68-91(96-94(95-87)70-36-33-57-82(66-70)100(75-44-16-4-17-45-75,76-46-18-5-19-47-76)77-48-20-6-21-49-77)98-88-61-30-28-59-84(88)85-63-64-90-92(93(85)98)86-60-29-31-62-89(86)97(90)71-37-34-58-83(67-71)101(78-50-22-7-23-51-78,79-52-24-8-25-53-79)80-54-26-9-27-55-80/h1-68H. The number of benzene rings is 15. The highest BCUT2D eigenvalue weighted by Gasteiger charge is 2.44. The van der Waals surface area contributed by atoms with Gasteiger partial charge in [0.15, 0.2) is 30.0 Å². The van der Waals surface area contributed by atoms with Crippen LogP contribution in [0.1, 0.15) is 0 Å². The van der Waals surface area contributed by atoms with Gasteiger partial charge in [-0.1, -0.05) is 376 Å². The van der Waals surface area contributed by atoms with Crippen molar-refractivity contribution in [3.05, 3.63) is 413 Å². The molecule has 0 aliphatic carbocycles. The summed E-state index contributed by atoms with van der Waals surface area (Å²) < 4.78 is 4.96. The molecular weight excluding hydrogens is 1270 g/mol.